The van der Waals surface area contributed by atoms with Crippen molar-refractivity contribution >= 4 is 39.7 Å². The standard InChI is InChI=1S/C16H17N5O4S/c17-14(22)13-9-18-16(26-13)19-15(23)10-4-5-11(12(8-10)21(24)25)20-6-2-1-3-7-20/h4-5,8-9H,1-3,6-7H2,(H2,17,22)(H,18,19,23). The quantitative estimate of drug-likeness (QED) is 0.609. The molecular formula is C16H17N5O4S. The molecule has 1 saturated heterocycles. The van der Waals surface area contributed by atoms with Gasteiger partial charge in [0.1, 0.15) is 10.6 Å². The molecule has 1 aliphatic heterocycles. The van der Waals surface area contributed by atoms with Gasteiger partial charge in [-0.1, -0.05) is 11.3 Å². The van der Waals surface area contributed by atoms with E-state index in [0.29, 0.717) is 5.69 Å². The van der Waals surface area contributed by atoms with Crippen molar-refractivity contribution in [1.82, 2.24) is 4.98 Å². The van der Waals surface area contributed by atoms with Crippen molar-refractivity contribution in [1.29, 1.82) is 0 Å². The highest BCUT2D eigenvalue weighted by Crippen LogP contribution is 2.31. The predicted octanol–water partition coefficient (Wildman–Crippen LogP) is 2.39. The van der Waals surface area contributed by atoms with E-state index >= 15 is 0 Å². The average Bonchev–Trinajstić information content (AvgIpc) is 3.10. The summed E-state index contributed by atoms with van der Waals surface area (Å²) >= 11 is 0.941. The Morgan fingerprint density at radius 1 is 1.27 bits per heavy atom. The van der Waals surface area contributed by atoms with Crippen molar-refractivity contribution in [2.75, 3.05) is 23.3 Å². The normalized spacial score (nSPS) is 14.1. The number of amides is 2. The molecular weight excluding hydrogens is 358 g/mol. The number of thiazole rings is 1. The number of benzene rings is 1. The molecule has 1 aliphatic rings. The molecule has 0 saturated carbocycles. The Hall–Kier alpha value is -3.01. The fourth-order valence-corrected chi connectivity index (χ4v) is 3.49. The van der Waals surface area contributed by atoms with Gasteiger partial charge in [0.2, 0.25) is 0 Å². The lowest BCUT2D eigenvalue weighted by atomic mass is 10.1. The summed E-state index contributed by atoms with van der Waals surface area (Å²) in [5.41, 5.74) is 5.72. The van der Waals surface area contributed by atoms with E-state index in [2.05, 4.69) is 10.3 Å². The first-order valence-corrected chi connectivity index (χ1v) is 8.88. The van der Waals surface area contributed by atoms with Crippen molar-refractivity contribution in [2.45, 2.75) is 19.3 Å². The zero-order valence-electron chi connectivity index (χ0n) is 13.8. The Morgan fingerprint density at radius 2 is 2.00 bits per heavy atom. The number of nitrogens with two attached hydrogens (primary N) is 1. The fraction of sp³-hybridized carbons (Fsp3) is 0.312. The molecule has 3 N–H and O–H groups in total. The Morgan fingerprint density at radius 3 is 2.62 bits per heavy atom. The van der Waals surface area contributed by atoms with Crippen LogP contribution in [0.5, 0.6) is 0 Å². The zero-order chi connectivity index (χ0) is 18.7. The van der Waals surface area contributed by atoms with Crippen LogP contribution in [0.15, 0.2) is 24.4 Å². The molecule has 2 heterocycles. The van der Waals surface area contributed by atoms with Gasteiger partial charge in [-0.05, 0) is 31.4 Å². The van der Waals surface area contributed by atoms with Gasteiger partial charge < -0.3 is 10.6 Å². The molecule has 1 aromatic heterocycles. The highest BCUT2D eigenvalue weighted by molar-refractivity contribution is 7.17. The van der Waals surface area contributed by atoms with Gasteiger partial charge in [-0.15, -0.1) is 0 Å². The van der Waals surface area contributed by atoms with Crippen LogP contribution in [0.3, 0.4) is 0 Å². The summed E-state index contributed by atoms with van der Waals surface area (Å²) in [6.07, 6.45) is 4.37. The van der Waals surface area contributed by atoms with Crippen LogP contribution >= 0.6 is 11.3 Å². The van der Waals surface area contributed by atoms with E-state index in [9.17, 15) is 19.7 Å². The van der Waals surface area contributed by atoms with Crippen molar-refractivity contribution < 1.29 is 14.5 Å². The number of nitro benzene ring substituents is 1. The van der Waals surface area contributed by atoms with Crippen LogP contribution in [0, 0.1) is 10.1 Å². The van der Waals surface area contributed by atoms with Gasteiger partial charge >= 0.3 is 0 Å². The van der Waals surface area contributed by atoms with Gasteiger partial charge in [-0.3, -0.25) is 25.0 Å². The minimum atomic E-state index is -0.635. The number of hydrogen-bond donors (Lipinski definition) is 2. The van der Waals surface area contributed by atoms with Gasteiger partial charge in [-0.2, -0.15) is 0 Å². The van der Waals surface area contributed by atoms with Gasteiger partial charge in [-0.25, -0.2) is 4.98 Å². The van der Waals surface area contributed by atoms with Crippen LogP contribution < -0.4 is 16.0 Å². The Balaban J connectivity index is 1.82. The monoisotopic (exact) mass is 375 g/mol. The molecule has 1 fully saturated rings. The second-order valence-electron chi connectivity index (χ2n) is 5.86. The number of nitro groups is 1. The number of hydrogen-bond acceptors (Lipinski definition) is 7. The molecule has 0 aliphatic carbocycles. The topological polar surface area (TPSA) is 131 Å². The van der Waals surface area contributed by atoms with Crippen molar-refractivity contribution in [3.05, 3.63) is 45.0 Å². The molecule has 1 aromatic carbocycles. The van der Waals surface area contributed by atoms with E-state index in [1.807, 2.05) is 4.90 Å². The first-order valence-electron chi connectivity index (χ1n) is 8.06. The highest BCUT2D eigenvalue weighted by atomic mass is 32.1. The van der Waals surface area contributed by atoms with E-state index in [0.717, 1.165) is 43.7 Å². The van der Waals surface area contributed by atoms with Gasteiger partial charge in [0.05, 0.1) is 11.1 Å². The third-order valence-electron chi connectivity index (χ3n) is 4.10. The Bertz CT molecular complexity index is 860. The van der Waals surface area contributed by atoms with Crippen LogP contribution in [0.4, 0.5) is 16.5 Å². The van der Waals surface area contributed by atoms with Crippen LogP contribution in [-0.4, -0.2) is 34.8 Å². The number of rotatable bonds is 5. The lowest BCUT2D eigenvalue weighted by Crippen LogP contribution is -2.30. The molecule has 0 radical (unpaired) electrons. The van der Waals surface area contributed by atoms with E-state index in [1.54, 1.807) is 12.1 Å². The molecule has 0 unspecified atom stereocenters. The van der Waals surface area contributed by atoms with Gasteiger partial charge in [0.25, 0.3) is 17.5 Å². The van der Waals surface area contributed by atoms with Crippen molar-refractivity contribution in [2.24, 2.45) is 5.73 Å². The predicted molar refractivity (Wildman–Crippen MR) is 97.7 cm³/mol. The van der Waals surface area contributed by atoms with Crippen molar-refractivity contribution in [3.63, 3.8) is 0 Å². The summed E-state index contributed by atoms with van der Waals surface area (Å²) in [6.45, 7) is 1.53. The number of carbonyl (C=O) groups excluding carboxylic acids is 2. The van der Waals surface area contributed by atoms with E-state index in [-0.39, 0.29) is 21.3 Å². The van der Waals surface area contributed by atoms with E-state index in [4.69, 9.17) is 5.73 Å². The largest absolute Gasteiger partial charge is 0.366 e. The minimum absolute atomic E-state index is 0.100. The van der Waals surface area contributed by atoms with E-state index < -0.39 is 16.7 Å². The fourth-order valence-electron chi connectivity index (χ4n) is 2.83. The van der Waals surface area contributed by atoms with Crippen LogP contribution in [0.1, 0.15) is 39.3 Å². The number of anilines is 2. The summed E-state index contributed by atoms with van der Waals surface area (Å²) in [7, 11) is 0. The summed E-state index contributed by atoms with van der Waals surface area (Å²) in [5.74, 6) is -1.17. The number of aromatic nitrogens is 1. The Labute approximate surface area is 153 Å². The summed E-state index contributed by atoms with van der Waals surface area (Å²) in [5, 5.41) is 14.2. The maximum atomic E-state index is 12.4. The SMILES string of the molecule is NC(=O)c1cnc(NC(=O)c2ccc(N3CCCCC3)c([N+](=O)[O-])c2)s1. The second kappa shape index (κ2) is 7.48. The second-order valence-corrected chi connectivity index (χ2v) is 6.89. The number of nitrogens with one attached hydrogen (secondary N) is 1. The Kier molecular flexibility index (Phi) is 5.12. The highest BCUT2D eigenvalue weighted by Gasteiger charge is 2.23. The molecule has 3 rings (SSSR count). The number of primary amides is 1. The van der Waals surface area contributed by atoms with Crippen molar-refractivity contribution in [3.8, 4) is 0 Å². The maximum absolute atomic E-state index is 12.4. The summed E-state index contributed by atoms with van der Waals surface area (Å²) in [4.78, 5) is 40.5. The first kappa shape index (κ1) is 17.8. The zero-order valence-corrected chi connectivity index (χ0v) is 14.6. The van der Waals surface area contributed by atoms with Crippen LogP contribution in [0.25, 0.3) is 0 Å². The molecule has 0 atom stereocenters. The minimum Gasteiger partial charge on any atom is -0.366 e. The molecule has 26 heavy (non-hydrogen) atoms. The molecule has 136 valence electrons. The van der Waals surface area contributed by atoms with Crippen LogP contribution in [-0.2, 0) is 0 Å². The third kappa shape index (κ3) is 3.80. The molecule has 10 heteroatoms. The smallest absolute Gasteiger partial charge is 0.293 e. The van der Waals surface area contributed by atoms with Gasteiger partial charge in [0, 0.05) is 24.7 Å². The lowest BCUT2D eigenvalue weighted by Gasteiger charge is -2.28. The molecule has 9 nitrogen and oxygen atoms in total. The average molecular weight is 375 g/mol. The number of carbonyl (C=O) groups is 2. The lowest BCUT2D eigenvalue weighted by molar-refractivity contribution is -0.384. The summed E-state index contributed by atoms with van der Waals surface area (Å²) < 4.78 is 0. The number of nitrogens with zero attached hydrogens (tertiary/aromatic N) is 3. The van der Waals surface area contributed by atoms with Gasteiger partial charge in [0.15, 0.2) is 5.13 Å². The summed E-state index contributed by atoms with van der Waals surface area (Å²) in [6, 6.07) is 4.42. The molecule has 2 amide bonds. The molecule has 0 bridgehead atoms. The van der Waals surface area contributed by atoms with Crippen LogP contribution in [0.2, 0.25) is 0 Å². The molecule has 0 spiro atoms. The molecule has 2 aromatic rings. The number of piperidine rings is 1. The first-order chi connectivity index (χ1) is 12.5. The maximum Gasteiger partial charge on any atom is 0.293 e. The van der Waals surface area contributed by atoms with E-state index in [1.165, 1.54) is 12.3 Å². The third-order valence-corrected chi connectivity index (χ3v) is 5.03.